The van der Waals surface area contributed by atoms with E-state index < -0.39 is 4.92 Å². The van der Waals surface area contributed by atoms with Crippen molar-refractivity contribution in [1.82, 2.24) is 4.98 Å². The molecule has 0 N–H and O–H groups in total. The minimum Gasteiger partial charge on any atom is -0.439 e. The lowest BCUT2D eigenvalue weighted by Gasteiger charge is -2.16. The van der Waals surface area contributed by atoms with E-state index in [9.17, 15) is 14.9 Å². The van der Waals surface area contributed by atoms with E-state index in [2.05, 4.69) is 4.98 Å². The highest BCUT2D eigenvalue weighted by atomic mass is 35.5. The van der Waals surface area contributed by atoms with Gasteiger partial charge in [0.2, 0.25) is 5.88 Å². The monoisotopic (exact) mass is 503 g/mol. The van der Waals surface area contributed by atoms with E-state index in [-0.39, 0.29) is 17.5 Å². The van der Waals surface area contributed by atoms with Crippen molar-refractivity contribution in [2.45, 2.75) is 0 Å². The highest BCUT2D eigenvalue weighted by Gasteiger charge is 2.34. The van der Waals surface area contributed by atoms with E-state index >= 15 is 0 Å². The number of nitrogens with zero attached hydrogens (tertiary/aromatic N) is 3. The van der Waals surface area contributed by atoms with Gasteiger partial charge in [-0.25, -0.2) is 4.98 Å². The first kappa shape index (κ1) is 22.2. The second-order valence-corrected chi connectivity index (χ2v) is 8.92. The number of carbonyl (C=O) groups excluding carboxylic acids is 1. The van der Waals surface area contributed by atoms with Gasteiger partial charge in [-0.2, -0.15) is 0 Å². The van der Waals surface area contributed by atoms with E-state index in [0.29, 0.717) is 30.7 Å². The number of hydrogen-bond acceptors (Lipinski definition) is 7. The van der Waals surface area contributed by atoms with Crippen molar-refractivity contribution in [3.63, 3.8) is 0 Å². The Morgan fingerprint density at radius 1 is 1.12 bits per heavy atom. The molecule has 2 aromatic carbocycles. The summed E-state index contributed by atoms with van der Waals surface area (Å²) in [5.41, 5.74) is 1.11. The van der Waals surface area contributed by atoms with Crippen LogP contribution in [0.1, 0.15) is 5.56 Å². The Kier molecular flexibility index (Phi) is 6.43. The van der Waals surface area contributed by atoms with Crippen LogP contribution in [-0.4, -0.2) is 20.1 Å². The number of aromatic nitrogens is 1. The highest BCUT2D eigenvalue weighted by Crippen LogP contribution is 2.39. The number of amides is 1. The maximum Gasteiger partial charge on any atom is 0.287 e. The molecule has 3 aromatic rings. The van der Waals surface area contributed by atoms with Crippen LogP contribution < -0.4 is 9.64 Å². The molecule has 7 nitrogen and oxygen atoms in total. The summed E-state index contributed by atoms with van der Waals surface area (Å²) in [5.74, 6) is 0.438. The van der Waals surface area contributed by atoms with E-state index in [1.165, 1.54) is 28.8 Å². The first-order chi connectivity index (χ1) is 15.3. The van der Waals surface area contributed by atoms with Crippen molar-refractivity contribution in [2.24, 2.45) is 0 Å². The number of nitro groups is 1. The minimum atomic E-state index is -0.533. The Balaban J connectivity index is 1.50. The fourth-order valence-electron chi connectivity index (χ4n) is 2.78. The van der Waals surface area contributed by atoms with Gasteiger partial charge in [0.15, 0.2) is 4.32 Å². The van der Waals surface area contributed by atoms with Crippen LogP contribution in [-0.2, 0) is 4.79 Å². The maximum atomic E-state index is 12.9. The van der Waals surface area contributed by atoms with Crippen molar-refractivity contribution >= 4 is 74.9 Å². The molecule has 4 rings (SSSR count). The zero-order valence-electron chi connectivity index (χ0n) is 15.9. The molecule has 0 radical (unpaired) electrons. The quantitative estimate of drug-likeness (QED) is 0.170. The second-order valence-electron chi connectivity index (χ2n) is 6.40. The van der Waals surface area contributed by atoms with Crippen molar-refractivity contribution in [3.05, 3.63) is 91.4 Å². The molecule has 32 heavy (non-hydrogen) atoms. The standard InChI is InChI=1S/C21H11Cl2N3O4S2/c22-13-3-7-17(16(23)10-13)25-20(27)18(32-21(25)31)9-12-1-5-15(6-2-12)30-19-8-4-14(11-24-19)26(28)29/h1-11H/b18-9+. The van der Waals surface area contributed by atoms with E-state index in [1.54, 1.807) is 48.5 Å². The number of pyridine rings is 1. The molecule has 0 unspecified atom stereocenters. The van der Waals surface area contributed by atoms with Crippen molar-refractivity contribution in [2.75, 3.05) is 4.90 Å². The molecule has 0 spiro atoms. The molecular weight excluding hydrogens is 493 g/mol. The topological polar surface area (TPSA) is 85.6 Å². The molecular formula is C21H11Cl2N3O4S2. The Morgan fingerprint density at radius 2 is 1.88 bits per heavy atom. The van der Waals surface area contributed by atoms with Crippen LogP contribution in [0.15, 0.2) is 65.7 Å². The highest BCUT2D eigenvalue weighted by molar-refractivity contribution is 8.27. The smallest absolute Gasteiger partial charge is 0.287 e. The average Bonchev–Trinajstić information content (AvgIpc) is 3.03. The summed E-state index contributed by atoms with van der Waals surface area (Å²) < 4.78 is 5.96. The number of anilines is 1. The fourth-order valence-corrected chi connectivity index (χ4v) is 4.56. The van der Waals surface area contributed by atoms with Crippen molar-refractivity contribution < 1.29 is 14.5 Å². The third-order valence-corrected chi connectivity index (χ3v) is 6.12. The van der Waals surface area contributed by atoms with Gasteiger partial charge in [0, 0.05) is 17.2 Å². The Labute approximate surface area is 201 Å². The minimum absolute atomic E-state index is 0.120. The molecule has 160 valence electrons. The van der Waals surface area contributed by atoms with Gasteiger partial charge >= 0.3 is 0 Å². The molecule has 0 atom stereocenters. The predicted molar refractivity (Wildman–Crippen MR) is 130 cm³/mol. The molecule has 1 aliphatic rings. The molecule has 11 heteroatoms. The summed E-state index contributed by atoms with van der Waals surface area (Å²) in [7, 11) is 0. The van der Waals surface area contributed by atoms with Crippen LogP contribution >= 0.6 is 47.2 Å². The summed E-state index contributed by atoms with van der Waals surface area (Å²) in [6.07, 6.45) is 2.84. The average molecular weight is 504 g/mol. The van der Waals surface area contributed by atoms with Gasteiger partial charge in [-0.15, -0.1) is 0 Å². The Hall–Kier alpha value is -2.98. The molecule has 0 saturated carbocycles. The van der Waals surface area contributed by atoms with E-state index in [1.807, 2.05) is 0 Å². The van der Waals surface area contributed by atoms with Gasteiger partial charge in [0.05, 0.1) is 20.5 Å². The van der Waals surface area contributed by atoms with Gasteiger partial charge in [0.25, 0.3) is 11.6 Å². The van der Waals surface area contributed by atoms with Gasteiger partial charge in [0.1, 0.15) is 11.9 Å². The van der Waals surface area contributed by atoms with Crippen LogP contribution in [0.2, 0.25) is 10.0 Å². The van der Waals surface area contributed by atoms with Crippen LogP contribution in [0.5, 0.6) is 11.6 Å². The lowest BCUT2D eigenvalue weighted by molar-refractivity contribution is -0.385. The summed E-state index contributed by atoms with van der Waals surface area (Å²) in [5, 5.41) is 11.5. The molecule has 1 fully saturated rings. The Morgan fingerprint density at radius 3 is 2.50 bits per heavy atom. The van der Waals surface area contributed by atoms with Gasteiger partial charge < -0.3 is 4.74 Å². The third kappa shape index (κ3) is 4.76. The van der Waals surface area contributed by atoms with Gasteiger partial charge in [-0.3, -0.25) is 19.8 Å². The summed E-state index contributed by atoms with van der Waals surface area (Å²) in [6, 6.07) is 14.5. The SMILES string of the molecule is O=C1/C(=C\c2ccc(Oc3ccc([N+](=O)[O-])cn3)cc2)SC(=S)N1c1ccc(Cl)cc1Cl. The molecule has 0 aliphatic carbocycles. The van der Waals surface area contributed by atoms with Crippen molar-refractivity contribution in [1.29, 1.82) is 0 Å². The van der Waals surface area contributed by atoms with Gasteiger partial charge in [-0.1, -0.05) is 59.3 Å². The number of halogens is 2. The van der Waals surface area contributed by atoms with Crippen LogP contribution in [0, 0.1) is 10.1 Å². The number of hydrogen-bond donors (Lipinski definition) is 0. The maximum absolute atomic E-state index is 12.9. The normalized spacial score (nSPS) is 14.8. The molecule has 1 aliphatic heterocycles. The number of ether oxygens (including phenoxy) is 1. The number of benzene rings is 2. The molecule has 0 bridgehead atoms. The molecule has 1 aromatic heterocycles. The fraction of sp³-hybridized carbons (Fsp3) is 0. The van der Waals surface area contributed by atoms with Crippen LogP contribution in [0.4, 0.5) is 11.4 Å². The van der Waals surface area contributed by atoms with Gasteiger partial charge in [-0.05, 0) is 42.0 Å². The molecule has 1 saturated heterocycles. The number of thiocarbonyl (C=S) groups is 1. The summed E-state index contributed by atoms with van der Waals surface area (Å²) in [6.45, 7) is 0. The lowest BCUT2D eigenvalue weighted by atomic mass is 10.2. The number of carbonyl (C=O) groups is 1. The first-order valence-corrected chi connectivity index (χ1v) is 10.9. The predicted octanol–water partition coefficient (Wildman–Crippen LogP) is 6.49. The first-order valence-electron chi connectivity index (χ1n) is 8.93. The third-order valence-electron chi connectivity index (χ3n) is 4.28. The summed E-state index contributed by atoms with van der Waals surface area (Å²) >= 11 is 18.7. The number of rotatable bonds is 5. The van der Waals surface area contributed by atoms with Crippen LogP contribution in [0.3, 0.4) is 0 Å². The lowest BCUT2D eigenvalue weighted by Crippen LogP contribution is -2.27. The zero-order chi connectivity index (χ0) is 22.8. The largest absolute Gasteiger partial charge is 0.439 e. The number of thioether (sulfide) groups is 1. The Bertz CT molecular complexity index is 1270. The van der Waals surface area contributed by atoms with Crippen molar-refractivity contribution in [3.8, 4) is 11.6 Å². The molecule has 2 heterocycles. The van der Waals surface area contributed by atoms with Crippen LogP contribution in [0.25, 0.3) is 6.08 Å². The summed E-state index contributed by atoms with van der Waals surface area (Å²) in [4.78, 5) is 28.8. The zero-order valence-corrected chi connectivity index (χ0v) is 19.0. The molecule has 1 amide bonds. The van der Waals surface area contributed by atoms with E-state index in [4.69, 9.17) is 40.2 Å². The van der Waals surface area contributed by atoms with E-state index in [0.717, 1.165) is 11.8 Å². The second kappa shape index (κ2) is 9.25.